The Morgan fingerprint density at radius 1 is 1.00 bits per heavy atom. The summed E-state index contributed by atoms with van der Waals surface area (Å²) in [4.78, 5) is 37.3. The summed E-state index contributed by atoms with van der Waals surface area (Å²) in [5, 5.41) is 0. The van der Waals surface area contributed by atoms with Crippen molar-refractivity contribution in [2.24, 2.45) is 0 Å². The van der Waals surface area contributed by atoms with E-state index in [2.05, 4.69) is 9.97 Å². The average Bonchev–Trinajstić information content (AvgIpc) is 2.88. The summed E-state index contributed by atoms with van der Waals surface area (Å²) >= 11 is 0. The van der Waals surface area contributed by atoms with E-state index in [1.165, 1.54) is 9.21 Å². The van der Waals surface area contributed by atoms with E-state index in [9.17, 15) is 18.0 Å². The van der Waals surface area contributed by atoms with E-state index in [0.717, 1.165) is 5.56 Å². The maximum Gasteiger partial charge on any atom is 0.342 e. The predicted molar refractivity (Wildman–Crippen MR) is 139 cm³/mol. The molecule has 2 aromatic carbocycles. The lowest BCUT2D eigenvalue weighted by Gasteiger charge is -2.39. The fraction of sp³-hybridized carbons (Fsp3) is 0.333. The average molecular weight is 523 g/mol. The van der Waals surface area contributed by atoms with Crippen LogP contribution < -0.4 is 0 Å². The van der Waals surface area contributed by atoms with Gasteiger partial charge in [-0.15, -0.1) is 0 Å². The van der Waals surface area contributed by atoms with Crippen molar-refractivity contribution in [3.05, 3.63) is 77.2 Å². The second kappa shape index (κ2) is 10.8. The molecule has 0 N–H and O–H groups in total. The van der Waals surface area contributed by atoms with Crippen LogP contribution in [-0.4, -0.2) is 71.8 Å². The Bertz CT molecular complexity index is 1410. The Kier molecular flexibility index (Phi) is 7.70. The van der Waals surface area contributed by atoms with Gasteiger partial charge in [0.1, 0.15) is 17.1 Å². The SMILES string of the molecule is CCOC(=O)c1c(C(=O)N2CCN(S(=O)(=O)c3ccc(C)cc3)C(C)C2)nc(C)nc1-c1ccccc1. The minimum absolute atomic E-state index is 0.00556. The second-order valence-electron chi connectivity index (χ2n) is 8.96. The largest absolute Gasteiger partial charge is 0.462 e. The van der Waals surface area contributed by atoms with Gasteiger partial charge < -0.3 is 9.64 Å². The second-order valence-corrected chi connectivity index (χ2v) is 10.8. The molecular weight excluding hydrogens is 492 g/mol. The zero-order chi connectivity index (χ0) is 26.7. The number of amides is 1. The zero-order valence-corrected chi connectivity index (χ0v) is 22.2. The first-order valence-corrected chi connectivity index (χ1v) is 13.6. The Hall–Kier alpha value is -3.63. The molecule has 0 aliphatic carbocycles. The van der Waals surface area contributed by atoms with Crippen molar-refractivity contribution >= 4 is 21.9 Å². The Balaban J connectivity index is 1.66. The molecular formula is C27H30N4O5S. The summed E-state index contributed by atoms with van der Waals surface area (Å²) < 4.78 is 33.2. The lowest BCUT2D eigenvalue weighted by molar-refractivity contribution is 0.0511. The summed E-state index contributed by atoms with van der Waals surface area (Å²) in [6, 6.07) is 15.3. The molecule has 1 fully saturated rings. The van der Waals surface area contributed by atoms with Crippen LogP contribution in [0, 0.1) is 13.8 Å². The number of sulfonamides is 1. The topological polar surface area (TPSA) is 110 Å². The van der Waals surface area contributed by atoms with Gasteiger partial charge in [-0.3, -0.25) is 4.79 Å². The quantitative estimate of drug-likeness (QED) is 0.456. The molecule has 3 aromatic rings. The molecule has 1 unspecified atom stereocenters. The van der Waals surface area contributed by atoms with Crippen LogP contribution in [0.5, 0.6) is 0 Å². The number of carbonyl (C=O) groups excluding carboxylic acids is 2. The molecule has 9 nitrogen and oxygen atoms in total. The molecule has 1 atom stereocenters. The van der Waals surface area contributed by atoms with E-state index in [0.29, 0.717) is 17.1 Å². The molecule has 1 aliphatic heterocycles. The summed E-state index contributed by atoms with van der Waals surface area (Å²) in [7, 11) is -3.72. The molecule has 0 radical (unpaired) electrons. The first kappa shape index (κ1) is 26.4. The number of ether oxygens (including phenoxy) is 1. The number of piperazine rings is 1. The molecule has 1 aliphatic rings. The minimum atomic E-state index is -3.72. The molecule has 4 rings (SSSR count). The highest BCUT2D eigenvalue weighted by Gasteiger charge is 2.37. The lowest BCUT2D eigenvalue weighted by Crippen LogP contribution is -2.55. The third kappa shape index (κ3) is 5.40. The van der Waals surface area contributed by atoms with Gasteiger partial charge in [0.05, 0.1) is 17.2 Å². The van der Waals surface area contributed by atoms with E-state index < -0.39 is 27.9 Å². The molecule has 1 aromatic heterocycles. The van der Waals surface area contributed by atoms with Crippen molar-refractivity contribution in [3.63, 3.8) is 0 Å². The van der Waals surface area contributed by atoms with E-state index >= 15 is 0 Å². The molecule has 1 amide bonds. The number of aryl methyl sites for hydroxylation is 2. The first-order valence-electron chi connectivity index (χ1n) is 12.1. The molecule has 37 heavy (non-hydrogen) atoms. The van der Waals surface area contributed by atoms with Crippen molar-refractivity contribution in [3.8, 4) is 11.3 Å². The fourth-order valence-corrected chi connectivity index (χ4v) is 6.02. The van der Waals surface area contributed by atoms with Gasteiger partial charge in [0, 0.05) is 31.2 Å². The molecule has 0 bridgehead atoms. The van der Waals surface area contributed by atoms with E-state index in [-0.39, 0.29) is 42.4 Å². The monoisotopic (exact) mass is 522 g/mol. The Labute approximate surface area is 217 Å². The fourth-order valence-electron chi connectivity index (χ4n) is 4.41. The third-order valence-electron chi connectivity index (χ3n) is 6.23. The third-order valence-corrected chi connectivity index (χ3v) is 8.26. The highest BCUT2D eigenvalue weighted by atomic mass is 32.2. The summed E-state index contributed by atoms with van der Waals surface area (Å²) in [6.45, 7) is 7.55. The van der Waals surface area contributed by atoms with Crippen LogP contribution in [-0.2, 0) is 14.8 Å². The molecule has 0 spiro atoms. The van der Waals surface area contributed by atoms with Crippen LogP contribution in [0.2, 0.25) is 0 Å². The van der Waals surface area contributed by atoms with E-state index in [4.69, 9.17) is 4.74 Å². The van der Waals surface area contributed by atoms with Crippen LogP contribution in [0.3, 0.4) is 0 Å². The number of nitrogens with zero attached hydrogens (tertiary/aromatic N) is 4. The maximum absolute atomic E-state index is 13.7. The number of benzene rings is 2. The van der Waals surface area contributed by atoms with Gasteiger partial charge in [-0.25, -0.2) is 23.2 Å². The maximum atomic E-state index is 13.7. The van der Waals surface area contributed by atoms with Crippen molar-refractivity contribution in [1.82, 2.24) is 19.2 Å². The van der Waals surface area contributed by atoms with Gasteiger partial charge in [0.2, 0.25) is 10.0 Å². The lowest BCUT2D eigenvalue weighted by atomic mass is 10.0. The summed E-state index contributed by atoms with van der Waals surface area (Å²) in [5.74, 6) is -0.813. The van der Waals surface area contributed by atoms with E-state index in [1.54, 1.807) is 57.2 Å². The van der Waals surface area contributed by atoms with Crippen LogP contribution in [0.15, 0.2) is 59.5 Å². The number of aromatic nitrogens is 2. The zero-order valence-electron chi connectivity index (χ0n) is 21.3. The number of rotatable bonds is 6. The number of carbonyl (C=O) groups is 2. The van der Waals surface area contributed by atoms with E-state index in [1.807, 2.05) is 25.1 Å². The van der Waals surface area contributed by atoms with Gasteiger partial charge in [-0.05, 0) is 39.8 Å². The van der Waals surface area contributed by atoms with Gasteiger partial charge in [0.15, 0.2) is 0 Å². The number of esters is 1. The summed E-state index contributed by atoms with van der Waals surface area (Å²) in [6.07, 6.45) is 0. The molecule has 1 saturated heterocycles. The van der Waals surface area contributed by atoms with Crippen LogP contribution in [0.1, 0.15) is 46.1 Å². The first-order chi connectivity index (χ1) is 17.6. The van der Waals surface area contributed by atoms with Crippen molar-refractivity contribution < 1.29 is 22.7 Å². The van der Waals surface area contributed by atoms with Crippen LogP contribution >= 0.6 is 0 Å². The standard InChI is InChI=1S/C27H30N4O5S/c1-5-36-27(33)23-24(21-9-7-6-8-10-21)28-20(4)29-25(23)26(32)30-15-16-31(19(3)17-30)37(34,35)22-13-11-18(2)12-14-22/h6-14,19H,5,15-17H2,1-4H3. The van der Waals surface area contributed by atoms with Crippen molar-refractivity contribution in [2.45, 2.75) is 38.6 Å². The number of hydrogen-bond acceptors (Lipinski definition) is 7. The Morgan fingerprint density at radius 3 is 2.30 bits per heavy atom. The smallest absolute Gasteiger partial charge is 0.342 e. The van der Waals surface area contributed by atoms with Gasteiger partial charge in [-0.1, -0.05) is 48.0 Å². The van der Waals surface area contributed by atoms with Gasteiger partial charge in [-0.2, -0.15) is 4.31 Å². The van der Waals surface area contributed by atoms with Crippen molar-refractivity contribution in [1.29, 1.82) is 0 Å². The predicted octanol–water partition coefficient (Wildman–Crippen LogP) is 3.47. The summed E-state index contributed by atoms with van der Waals surface area (Å²) in [5.41, 5.74) is 1.91. The highest BCUT2D eigenvalue weighted by molar-refractivity contribution is 7.89. The molecule has 2 heterocycles. The number of hydrogen-bond donors (Lipinski definition) is 0. The van der Waals surface area contributed by atoms with Gasteiger partial charge >= 0.3 is 5.97 Å². The van der Waals surface area contributed by atoms with Gasteiger partial charge in [0.25, 0.3) is 5.91 Å². The normalized spacial score (nSPS) is 16.4. The molecule has 194 valence electrons. The van der Waals surface area contributed by atoms with Crippen LogP contribution in [0.4, 0.5) is 0 Å². The molecule has 0 saturated carbocycles. The Morgan fingerprint density at radius 2 is 1.68 bits per heavy atom. The van der Waals surface area contributed by atoms with Crippen molar-refractivity contribution in [2.75, 3.05) is 26.2 Å². The van der Waals surface area contributed by atoms with Crippen LogP contribution in [0.25, 0.3) is 11.3 Å². The highest BCUT2D eigenvalue weighted by Crippen LogP contribution is 2.27. The minimum Gasteiger partial charge on any atom is -0.462 e. The molecule has 10 heteroatoms.